The molecule has 0 aliphatic carbocycles. The number of fused-ring (bicyclic) bond motifs is 3. The van der Waals surface area contributed by atoms with Crippen molar-refractivity contribution in [2.45, 2.75) is 23.8 Å². The molecule has 0 radical (unpaired) electrons. The average Bonchev–Trinajstić information content (AvgIpc) is 3.33. The Bertz CT molecular complexity index is 1310. The summed E-state index contributed by atoms with van der Waals surface area (Å²) in [6.07, 6.45) is 5.97. The molecule has 1 fully saturated rings. The van der Waals surface area contributed by atoms with Crippen molar-refractivity contribution < 1.29 is 13.2 Å². The summed E-state index contributed by atoms with van der Waals surface area (Å²) >= 11 is 0. The molecule has 4 aromatic rings. The Morgan fingerprint density at radius 3 is 2.71 bits per heavy atom. The van der Waals surface area contributed by atoms with E-state index in [0.717, 1.165) is 11.9 Å². The van der Waals surface area contributed by atoms with E-state index < -0.39 is 10.0 Å². The number of rotatable bonds is 3. The summed E-state index contributed by atoms with van der Waals surface area (Å²) in [4.78, 5) is 20.8. The normalized spacial score (nSPS) is 17.9. The van der Waals surface area contributed by atoms with Crippen molar-refractivity contribution in [3.05, 3.63) is 55.1 Å². The minimum absolute atomic E-state index is 0.00706. The minimum Gasteiger partial charge on any atom is -0.356 e. The molecule has 0 spiro atoms. The van der Waals surface area contributed by atoms with Gasteiger partial charge in [0, 0.05) is 30.6 Å². The van der Waals surface area contributed by atoms with Gasteiger partial charge in [0.2, 0.25) is 5.91 Å². The zero-order valence-corrected chi connectivity index (χ0v) is 15.6. The first kappa shape index (κ1) is 16.9. The number of nitrogens with zero attached hydrogens (tertiary/aromatic N) is 4. The van der Waals surface area contributed by atoms with E-state index in [0.29, 0.717) is 29.5 Å². The monoisotopic (exact) mass is 395 g/mol. The maximum Gasteiger partial charge on any atom is 0.269 e. The number of hydrogen-bond donors (Lipinski definition) is 1. The van der Waals surface area contributed by atoms with E-state index in [-0.39, 0.29) is 16.8 Å². The first-order chi connectivity index (χ1) is 13.6. The summed E-state index contributed by atoms with van der Waals surface area (Å²) in [5.74, 6) is 0.00706. The van der Waals surface area contributed by atoms with E-state index in [1.54, 1.807) is 48.9 Å². The Kier molecular flexibility index (Phi) is 3.73. The fraction of sp³-hybridized carbons (Fsp3) is 0.211. The quantitative estimate of drug-likeness (QED) is 0.573. The van der Waals surface area contributed by atoms with Crippen LogP contribution in [0.4, 0.5) is 0 Å². The summed E-state index contributed by atoms with van der Waals surface area (Å²) in [7, 11) is -3.76. The Morgan fingerprint density at radius 1 is 1.11 bits per heavy atom. The van der Waals surface area contributed by atoms with Crippen LogP contribution in [0.3, 0.4) is 0 Å². The molecule has 142 valence electrons. The summed E-state index contributed by atoms with van der Waals surface area (Å²) < 4.78 is 29.3. The molecule has 1 aliphatic heterocycles. The number of imidazole rings is 1. The molecule has 28 heavy (non-hydrogen) atoms. The van der Waals surface area contributed by atoms with Gasteiger partial charge in [0.05, 0.1) is 22.9 Å². The number of piperidine rings is 1. The van der Waals surface area contributed by atoms with Gasteiger partial charge in [0.15, 0.2) is 5.65 Å². The maximum atomic E-state index is 13.1. The second-order valence-electron chi connectivity index (χ2n) is 6.81. The molecule has 4 heterocycles. The predicted octanol–water partition coefficient (Wildman–Crippen LogP) is 2.07. The van der Waals surface area contributed by atoms with Gasteiger partial charge in [-0.05, 0) is 24.6 Å². The average molecular weight is 395 g/mol. The van der Waals surface area contributed by atoms with Crippen molar-refractivity contribution in [2.24, 2.45) is 0 Å². The third kappa shape index (κ3) is 2.50. The number of aromatic nitrogens is 4. The van der Waals surface area contributed by atoms with Crippen molar-refractivity contribution in [1.82, 2.24) is 23.8 Å². The van der Waals surface area contributed by atoms with Gasteiger partial charge in [-0.15, -0.1) is 0 Å². The molecular weight excluding hydrogens is 378 g/mol. The molecule has 0 saturated carbocycles. The highest BCUT2D eigenvalue weighted by Crippen LogP contribution is 2.31. The highest BCUT2D eigenvalue weighted by atomic mass is 32.2. The fourth-order valence-electron chi connectivity index (χ4n) is 3.77. The predicted molar refractivity (Wildman–Crippen MR) is 103 cm³/mol. The summed E-state index contributed by atoms with van der Waals surface area (Å²) in [5, 5.41) is 3.53. The first-order valence-corrected chi connectivity index (χ1v) is 10.4. The molecule has 9 heteroatoms. The molecule has 1 unspecified atom stereocenters. The van der Waals surface area contributed by atoms with Gasteiger partial charge in [-0.2, -0.15) is 0 Å². The molecular formula is C19H17N5O3S. The number of carbonyl (C=O) groups excluding carboxylic acids is 1. The van der Waals surface area contributed by atoms with Gasteiger partial charge in [-0.25, -0.2) is 22.4 Å². The second kappa shape index (κ2) is 6.16. The molecule has 1 aliphatic rings. The maximum absolute atomic E-state index is 13.1. The second-order valence-corrected chi connectivity index (χ2v) is 8.62. The Hall–Kier alpha value is -3.20. The van der Waals surface area contributed by atoms with Crippen LogP contribution in [0.2, 0.25) is 0 Å². The van der Waals surface area contributed by atoms with E-state index in [2.05, 4.69) is 15.3 Å². The standard InChI is InChI=1S/C19H17N5O3S/c25-17-10-13(6-8-20-17)23-12-22-16-11-21-19-15(18(16)23)7-9-24(19)28(26,27)14-4-2-1-3-5-14/h1-5,7,9,11-13H,6,8,10H2,(H,20,25). The van der Waals surface area contributed by atoms with Crippen LogP contribution in [-0.4, -0.2) is 39.4 Å². The van der Waals surface area contributed by atoms with Crippen LogP contribution in [0, 0.1) is 0 Å². The topological polar surface area (TPSA) is 98.9 Å². The lowest BCUT2D eigenvalue weighted by molar-refractivity contribution is -0.123. The number of carbonyl (C=O) groups is 1. The van der Waals surface area contributed by atoms with Gasteiger partial charge >= 0.3 is 0 Å². The van der Waals surface area contributed by atoms with Gasteiger partial charge in [-0.1, -0.05) is 18.2 Å². The van der Waals surface area contributed by atoms with Crippen molar-refractivity contribution in [2.75, 3.05) is 6.54 Å². The van der Waals surface area contributed by atoms with Crippen LogP contribution in [0.15, 0.2) is 60.0 Å². The Balaban J connectivity index is 1.70. The zero-order chi connectivity index (χ0) is 19.3. The van der Waals surface area contributed by atoms with E-state index in [9.17, 15) is 13.2 Å². The van der Waals surface area contributed by atoms with Gasteiger partial charge < -0.3 is 9.88 Å². The number of hydrogen-bond acceptors (Lipinski definition) is 5. The summed E-state index contributed by atoms with van der Waals surface area (Å²) in [5.41, 5.74) is 1.82. The lowest BCUT2D eigenvalue weighted by Crippen LogP contribution is -2.34. The molecule has 1 N–H and O–H groups in total. The van der Waals surface area contributed by atoms with Crippen molar-refractivity contribution >= 4 is 38.0 Å². The Labute approximate surface area is 160 Å². The third-order valence-corrected chi connectivity index (χ3v) is 6.81. The van der Waals surface area contributed by atoms with E-state index >= 15 is 0 Å². The fourth-order valence-corrected chi connectivity index (χ4v) is 5.09. The molecule has 1 amide bonds. The zero-order valence-electron chi connectivity index (χ0n) is 14.8. The van der Waals surface area contributed by atoms with Crippen LogP contribution in [-0.2, 0) is 14.8 Å². The molecule has 3 aromatic heterocycles. The highest BCUT2D eigenvalue weighted by molar-refractivity contribution is 7.90. The van der Waals surface area contributed by atoms with Crippen LogP contribution in [0.1, 0.15) is 18.9 Å². The summed E-state index contributed by atoms with van der Waals surface area (Å²) in [6, 6.07) is 9.99. The Morgan fingerprint density at radius 2 is 1.93 bits per heavy atom. The number of nitrogens with one attached hydrogen (secondary N) is 1. The molecule has 1 aromatic carbocycles. The smallest absolute Gasteiger partial charge is 0.269 e. The van der Waals surface area contributed by atoms with E-state index in [4.69, 9.17) is 0 Å². The molecule has 1 saturated heterocycles. The number of pyridine rings is 1. The SMILES string of the molecule is O=C1CC(n2cnc3cnc4c(ccn4S(=O)(=O)c4ccccc4)c32)CCN1. The first-order valence-electron chi connectivity index (χ1n) is 8.95. The van der Waals surface area contributed by atoms with Crippen molar-refractivity contribution in [1.29, 1.82) is 0 Å². The van der Waals surface area contributed by atoms with Gasteiger partial charge in [0.1, 0.15) is 5.52 Å². The van der Waals surface area contributed by atoms with Crippen LogP contribution < -0.4 is 5.32 Å². The third-order valence-electron chi connectivity index (χ3n) is 5.13. The lowest BCUT2D eigenvalue weighted by Gasteiger charge is -2.24. The lowest BCUT2D eigenvalue weighted by atomic mass is 10.1. The van der Waals surface area contributed by atoms with Crippen molar-refractivity contribution in [3.63, 3.8) is 0 Å². The highest BCUT2D eigenvalue weighted by Gasteiger charge is 2.25. The van der Waals surface area contributed by atoms with Gasteiger partial charge in [-0.3, -0.25) is 4.79 Å². The van der Waals surface area contributed by atoms with Crippen LogP contribution in [0.5, 0.6) is 0 Å². The molecule has 0 bridgehead atoms. The molecule has 5 rings (SSSR count). The molecule has 8 nitrogen and oxygen atoms in total. The molecule has 1 atom stereocenters. The summed E-state index contributed by atoms with van der Waals surface area (Å²) in [6.45, 7) is 0.612. The van der Waals surface area contributed by atoms with Crippen molar-refractivity contribution in [3.8, 4) is 0 Å². The van der Waals surface area contributed by atoms with E-state index in [1.807, 2.05) is 4.57 Å². The van der Waals surface area contributed by atoms with Gasteiger partial charge in [0.25, 0.3) is 10.0 Å². The number of benzene rings is 1. The largest absolute Gasteiger partial charge is 0.356 e. The minimum atomic E-state index is -3.76. The van der Waals surface area contributed by atoms with Crippen LogP contribution >= 0.6 is 0 Å². The van der Waals surface area contributed by atoms with Crippen LogP contribution in [0.25, 0.3) is 22.1 Å². The van der Waals surface area contributed by atoms with E-state index in [1.165, 1.54) is 10.2 Å². The number of amides is 1.